The van der Waals surface area contributed by atoms with Crippen molar-refractivity contribution in [2.75, 3.05) is 19.4 Å². The topological polar surface area (TPSA) is 113 Å². The highest BCUT2D eigenvalue weighted by Crippen LogP contribution is 2.38. The molecule has 0 unspecified atom stereocenters. The molecule has 0 aliphatic carbocycles. The van der Waals surface area contributed by atoms with Crippen molar-refractivity contribution in [3.8, 4) is 0 Å². The van der Waals surface area contributed by atoms with E-state index in [9.17, 15) is 9.59 Å². The number of nitrogen functional groups attached to an aromatic ring is 1. The van der Waals surface area contributed by atoms with Gasteiger partial charge in [0.25, 0.3) is 0 Å². The van der Waals surface area contributed by atoms with Gasteiger partial charge in [-0.3, -0.25) is 4.79 Å². The van der Waals surface area contributed by atoms with Crippen molar-refractivity contribution in [1.82, 2.24) is 10.3 Å². The van der Waals surface area contributed by atoms with E-state index < -0.39 is 24.3 Å². The van der Waals surface area contributed by atoms with Crippen molar-refractivity contribution in [2.24, 2.45) is 0 Å². The minimum atomic E-state index is -0.652. The monoisotopic (exact) mass is 375 g/mol. The number of carbonyl (C=O) groups excluding carboxylic acids is 2. The molecule has 1 amide bonds. The van der Waals surface area contributed by atoms with Gasteiger partial charge in [-0.05, 0) is 44.8 Å². The molecule has 1 aliphatic rings. The lowest BCUT2D eigenvalue weighted by Gasteiger charge is -2.32. The van der Waals surface area contributed by atoms with Crippen LogP contribution in [0.2, 0.25) is 0 Å². The molecule has 27 heavy (non-hydrogen) atoms. The number of nitrogens with one attached hydrogen (secondary N) is 1. The predicted molar refractivity (Wildman–Crippen MR) is 103 cm³/mol. The number of nitrogens with two attached hydrogens (primary N) is 1. The van der Waals surface area contributed by atoms with E-state index in [-0.39, 0.29) is 23.8 Å². The zero-order valence-corrected chi connectivity index (χ0v) is 16.6. The van der Waals surface area contributed by atoms with Crippen molar-refractivity contribution in [2.45, 2.75) is 45.8 Å². The van der Waals surface area contributed by atoms with Gasteiger partial charge in [-0.15, -0.1) is 0 Å². The highest BCUT2D eigenvalue weighted by Gasteiger charge is 2.52. The molecule has 146 valence electrons. The second kappa shape index (κ2) is 7.70. The van der Waals surface area contributed by atoms with Crippen molar-refractivity contribution in [3.63, 3.8) is 0 Å². The number of esters is 1. The van der Waals surface area contributed by atoms with E-state index in [4.69, 9.17) is 19.8 Å². The molecule has 0 radical (unpaired) electrons. The molecule has 2 rings (SSSR count). The molecule has 0 saturated carbocycles. The largest absolute Gasteiger partial charge is 0.492 e. The smallest absolute Gasteiger partial charge is 0.465 e. The molecule has 0 spiro atoms. The van der Waals surface area contributed by atoms with Crippen LogP contribution in [0.1, 0.15) is 50.5 Å². The Balaban J connectivity index is 2.40. The third-order valence-electron chi connectivity index (χ3n) is 4.79. The summed E-state index contributed by atoms with van der Waals surface area (Å²) in [7, 11) is 0.623. The molecule has 1 fully saturated rings. The number of hydrogen-bond donors (Lipinski definition) is 2. The summed E-state index contributed by atoms with van der Waals surface area (Å²) in [6.45, 7) is 9.45. The average molecular weight is 375 g/mol. The number of pyridine rings is 1. The zero-order valence-electron chi connectivity index (χ0n) is 16.6. The van der Waals surface area contributed by atoms with Crippen LogP contribution in [0.5, 0.6) is 0 Å². The number of aromatic nitrogens is 1. The maximum Gasteiger partial charge on any atom is 0.492 e. The summed E-state index contributed by atoms with van der Waals surface area (Å²) in [6.07, 6.45) is 3.29. The van der Waals surface area contributed by atoms with Gasteiger partial charge >= 0.3 is 13.1 Å². The van der Waals surface area contributed by atoms with Gasteiger partial charge in [-0.2, -0.15) is 0 Å². The van der Waals surface area contributed by atoms with E-state index in [1.165, 1.54) is 20.2 Å². The third kappa shape index (κ3) is 4.67. The maximum atomic E-state index is 11.8. The minimum Gasteiger partial charge on any atom is -0.465 e. The van der Waals surface area contributed by atoms with Crippen molar-refractivity contribution in [3.05, 3.63) is 28.9 Å². The van der Waals surface area contributed by atoms with Crippen molar-refractivity contribution < 1.29 is 23.6 Å². The van der Waals surface area contributed by atoms with Crippen LogP contribution in [0.25, 0.3) is 6.08 Å². The van der Waals surface area contributed by atoms with Crippen LogP contribution in [0, 0.1) is 0 Å². The molecule has 0 bridgehead atoms. The summed E-state index contributed by atoms with van der Waals surface area (Å²) in [5, 5.41) is 2.75. The Bertz CT molecular complexity index is 760. The molecule has 0 aromatic carbocycles. The van der Waals surface area contributed by atoms with Gasteiger partial charge < -0.3 is 25.1 Å². The zero-order chi connectivity index (χ0) is 20.4. The highest BCUT2D eigenvalue weighted by atomic mass is 16.7. The quantitative estimate of drug-likeness (QED) is 0.594. The Kier molecular flexibility index (Phi) is 5.96. The van der Waals surface area contributed by atoms with Gasteiger partial charge in [0.1, 0.15) is 11.4 Å². The lowest BCUT2D eigenvalue weighted by atomic mass is 9.77. The van der Waals surface area contributed by atoms with Crippen LogP contribution in [0.3, 0.4) is 0 Å². The van der Waals surface area contributed by atoms with Crippen LogP contribution in [-0.2, 0) is 18.8 Å². The average Bonchev–Trinajstić information content (AvgIpc) is 2.79. The van der Waals surface area contributed by atoms with E-state index in [2.05, 4.69) is 10.3 Å². The first-order chi connectivity index (χ1) is 12.5. The first-order valence-corrected chi connectivity index (χ1v) is 8.61. The summed E-state index contributed by atoms with van der Waals surface area (Å²) < 4.78 is 16.9. The number of carbonyl (C=O) groups is 2. The second-order valence-electron chi connectivity index (χ2n) is 7.41. The molecule has 0 atom stereocenters. The number of hydrogen-bond acceptors (Lipinski definition) is 7. The fourth-order valence-corrected chi connectivity index (χ4v) is 2.48. The Morgan fingerprint density at radius 1 is 1.30 bits per heavy atom. The van der Waals surface area contributed by atoms with Crippen LogP contribution in [0.15, 0.2) is 17.7 Å². The molecule has 1 aliphatic heterocycles. The molecule has 9 heteroatoms. The van der Waals surface area contributed by atoms with Gasteiger partial charge in [0.2, 0.25) is 5.91 Å². The maximum absolute atomic E-state index is 11.8. The Labute approximate surface area is 159 Å². The Morgan fingerprint density at radius 3 is 2.41 bits per heavy atom. The number of anilines is 1. The summed E-state index contributed by atoms with van der Waals surface area (Å²) in [6, 6.07) is 1.58. The lowest BCUT2D eigenvalue weighted by Crippen LogP contribution is -2.41. The Hall–Kier alpha value is -2.39. The molecular weight excluding hydrogens is 349 g/mol. The number of rotatable bonds is 5. The Morgan fingerprint density at radius 2 is 1.89 bits per heavy atom. The van der Waals surface area contributed by atoms with Gasteiger partial charge in [-0.25, -0.2) is 9.78 Å². The number of nitrogens with zero attached hydrogens (tertiary/aromatic N) is 1. The number of amides is 1. The summed E-state index contributed by atoms with van der Waals surface area (Å²) in [4.78, 5) is 27.3. The van der Waals surface area contributed by atoms with E-state index in [0.29, 0.717) is 11.0 Å². The van der Waals surface area contributed by atoms with Crippen LogP contribution in [0.4, 0.5) is 5.82 Å². The predicted octanol–water partition coefficient (Wildman–Crippen LogP) is 1.60. The normalized spacial score (nSPS) is 18.3. The first-order valence-electron chi connectivity index (χ1n) is 8.61. The van der Waals surface area contributed by atoms with Crippen LogP contribution >= 0.6 is 0 Å². The number of ether oxygens (including phenoxy) is 1. The summed E-state index contributed by atoms with van der Waals surface area (Å²) in [5.41, 5.74) is 6.16. The first kappa shape index (κ1) is 20.9. The fraction of sp³-hybridized carbons (Fsp3) is 0.500. The van der Waals surface area contributed by atoms with Gasteiger partial charge in [0.05, 0.1) is 18.3 Å². The van der Waals surface area contributed by atoms with Crippen molar-refractivity contribution in [1.29, 1.82) is 0 Å². The molecular formula is C18H26BN3O5. The summed E-state index contributed by atoms with van der Waals surface area (Å²) >= 11 is 0. The molecule has 1 aromatic rings. The molecule has 8 nitrogen and oxygen atoms in total. The second-order valence-corrected chi connectivity index (χ2v) is 7.41. The molecule has 2 heterocycles. The molecule has 1 saturated heterocycles. The van der Waals surface area contributed by atoms with Crippen LogP contribution < -0.4 is 11.1 Å². The van der Waals surface area contributed by atoms with E-state index in [1.54, 1.807) is 12.1 Å². The van der Waals surface area contributed by atoms with Gasteiger partial charge in [0, 0.05) is 19.7 Å². The molecule has 1 aromatic heterocycles. The van der Waals surface area contributed by atoms with Gasteiger partial charge in [-0.1, -0.05) is 6.08 Å². The standard InChI is InChI=1S/C18H26BN3O5/c1-11(23)21-10-13(19-26-17(2,3)18(4,5)27-19)7-12-8-14(16(24)25-6)15(20)22-9-12/h7-9H,10H2,1-6H3,(H2,20,22)(H,21,23). The van der Waals surface area contributed by atoms with E-state index in [1.807, 2.05) is 27.7 Å². The lowest BCUT2D eigenvalue weighted by molar-refractivity contribution is -0.118. The third-order valence-corrected chi connectivity index (χ3v) is 4.79. The van der Waals surface area contributed by atoms with Crippen molar-refractivity contribution >= 4 is 30.9 Å². The molecule has 3 N–H and O–H groups in total. The SMILES string of the molecule is COC(=O)c1cc(C=C(CNC(C)=O)B2OC(C)(C)C(C)(C)O2)cnc1N. The number of methoxy groups -OCH3 is 1. The van der Waals surface area contributed by atoms with Gasteiger partial charge in [0.15, 0.2) is 0 Å². The van der Waals surface area contributed by atoms with E-state index in [0.717, 1.165) is 0 Å². The highest BCUT2D eigenvalue weighted by molar-refractivity contribution is 6.56. The fourth-order valence-electron chi connectivity index (χ4n) is 2.48. The summed E-state index contributed by atoms with van der Waals surface area (Å²) in [5.74, 6) is -0.671. The minimum absolute atomic E-state index is 0.0815. The van der Waals surface area contributed by atoms with Crippen LogP contribution in [-0.4, -0.2) is 48.8 Å². The van der Waals surface area contributed by atoms with E-state index >= 15 is 0 Å².